The number of fused-ring (bicyclic) bond motifs is 1. The SMILES string of the molecule is CCOC(=O)Oc1nn(Cc2ccc(F)cc2)c2ccccc12. The Bertz CT molecular complexity index is 827. The van der Waals surface area contributed by atoms with E-state index in [2.05, 4.69) is 5.10 Å². The predicted molar refractivity (Wildman–Crippen MR) is 82.9 cm³/mol. The van der Waals surface area contributed by atoms with E-state index in [1.54, 1.807) is 23.7 Å². The molecule has 5 nitrogen and oxygen atoms in total. The average molecular weight is 314 g/mol. The number of ether oxygens (including phenoxy) is 2. The van der Waals surface area contributed by atoms with E-state index >= 15 is 0 Å². The number of nitrogens with zero attached hydrogens (tertiary/aromatic N) is 2. The van der Waals surface area contributed by atoms with Crippen molar-refractivity contribution >= 4 is 17.1 Å². The van der Waals surface area contributed by atoms with Crippen LogP contribution in [0.2, 0.25) is 0 Å². The minimum absolute atomic E-state index is 0.196. The number of carbonyl (C=O) groups excluding carboxylic acids is 1. The maximum Gasteiger partial charge on any atom is 0.515 e. The maximum atomic E-state index is 13.0. The maximum absolute atomic E-state index is 13.0. The molecule has 23 heavy (non-hydrogen) atoms. The van der Waals surface area contributed by atoms with Crippen molar-refractivity contribution in [2.75, 3.05) is 6.61 Å². The summed E-state index contributed by atoms with van der Waals surface area (Å²) in [5, 5.41) is 5.04. The van der Waals surface area contributed by atoms with E-state index in [0.29, 0.717) is 11.9 Å². The summed E-state index contributed by atoms with van der Waals surface area (Å²) < 4.78 is 24.6. The first kappa shape index (κ1) is 15.0. The molecule has 0 N–H and O–H groups in total. The first-order chi connectivity index (χ1) is 11.2. The van der Waals surface area contributed by atoms with Crippen LogP contribution in [-0.2, 0) is 11.3 Å². The summed E-state index contributed by atoms with van der Waals surface area (Å²) in [6.07, 6.45) is -0.787. The molecule has 3 rings (SSSR count). The Labute approximate surface area is 132 Å². The average Bonchev–Trinajstić information content (AvgIpc) is 2.88. The molecule has 1 aromatic heterocycles. The second-order valence-corrected chi connectivity index (χ2v) is 4.89. The summed E-state index contributed by atoms with van der Waals surface area (Å²) in [6, 6.07) is 13.6. The molecule has 0 bridgehead atoms. The van der Waals surface area contributed by atoms with Gasteiger partial charge in [0.25, 0.3) is 5.88 Å². The number of hydrogen-bond donors (Lipinski definition) is 0. The standard InChI is InChI=1S/C17H15FN2O3/c1-2-22-17(21)23-16-14-5-3-4-6-15(14)20(19-16)11-12-7-9-13(18)10-8-12/h3-10H,2,11H2,1H3. The minimum Gasteiger partial charge on any atom is -0.434 e. The van der Waals surface area contributed by atoms with Gasteiger partial charge in [-0.15, -0.1) is 5.10 Å². The summed E-state index contributed by atoms with van der Waals surface area (Å²) in [7, 11) is 0. The van der Waals surface area contributed by atoms with Gasteiger partial charge in [0.1, 0.15) is 5.82 Å². The summed E-state index contributed by atoms with van der Waals surface area (Å²) in [5.74, 6) is -0.0911. The highest BCUT2D eigenvalue weighted by Crippen LogP contribution is 2.25. The largest absolute Gasteiger partial charge is 0.515 e. The number of halogens is 1. The number of carbonyl (C=O) groups is 1. The van der Waals surface area contributed by atoms with Gasteiger partial charge < -0.3 is 9.47 Å². The highest BCUT2D eigenvalue weighted by Gasteiger charge is 2.15. The zero-order chi connectivity index (χ0) is 16.2. The Morgan fingerprint density at radius 3 is 2.65 bits per heavy atom. The fraction of sp³-hybridized carbons (Fsp3) is 0.176. The van der Waals surface area contributed by atoms with Gasteiger partial charge in [-0.05, 0) is 36.8 Å². The first-order valence-electron chi connectivity index (χ1n) is 7.22. The second kappa shape index (κ2) is 6.48. The van der Waals surface area contributed by atoms with E-state index in [1.807, 2.05) is 24.3 Å². The normalized spacial score (nSPS) is 10.7. The fourth-order valence-corrected chi connectivity index (χ4v) is 2.28. The number of para-hydroxylation sites is 1. The van der Waals surface area contributed by atoms with Gasteiger partial charge in [0, 0.05) is 0 Å². The molecule has 0 aliphatic heterocycles. The van der Waals surface area contributed by atoms with Gasteiger partial charge >= 0.3 is 6.16 Å². The lowest BCUT2D eigenvalue weighted by molar-refractivity contribution is 0.103. The Kier molecular flexibility index (Phi) is 4.23. The van der Waals surface area contributed by atoms with Crippen molar-refractivity contribution in [3.8, 4) is 5.88 Å². The van der Waals surface area contributed by atoms with Crippen LogP contribution in [0.25, 0.3) is 10.9 Å². The van der Waals surface area contributed by atoms with Crippen molar-refractivity contribution < 1.29 is 18.7 Å². The van der Waals surface area contributed by atoms with Gasteiger partial charge in [0.2, 0.25) is 0 Å². The highest BCUT2D eigenvalue weighted by molar-refractivity contribution is 5.86. The molecular weight excluding hydrogens is 299 g/mol. The smallest absolute Gasteiger partial charge is 0.434 e. The van der Waals surface area contributed by atoms with Crippen LogP contribution in [0.4, 0.5) is 9.18 Å². The van der Waals surface area contributed by atoms with Crippen LogP contribution < -0.4 is 4.74 Å². The molecule has 0 unspecified atom stereocenters. The molecule has 0 aliphatic rings. The molecular formula is C17H15FN2O3. The quantitative estimate of drug-likeness (QED) is 0.688. The van der Waals surface area contributed by atoms with Crippen molar-refractivity contribution in [1.82, 2.24) is 9.78 Å². The zero-order valence-electron chi connectivity index (χ0n) is 12.5. The molecule has 0 amide bonds. The molecule has 2 aromatic carbocycles. The summed E-state index contributed by atoms with van der Waals surface area (Å²) in [6.45, 7) is 2.37. The van der Waals surface area contributed by atoms with E-state index < -0.39 is 6.16 Å². The molecule has 118 valence electrons. The van der Waals surface area contributed by atoms with E-state index in [1.165, 1.54) is 12.1 Å². The summed E-state index contributed by atoms with van der Waals surface area (Å²) in [5.41, 5.74) is 1.71. The topological polar surface area (TPSA) is 53.4 Å². The van der Waals surface area contributed by atoms with Crippen LogP contribution in [-0.4, -0.2) is 22.5 Å². The van der Waals surface area contributed by atoms with E-state index in [0.717, 1.165) is 11.1 Å². The number of hydrogen-bond acceptors (Lipinski definition) is 4. The zero-order valence-corrected chi connectivity index (χ0v) is 12.5. The summed E-state index contributed by atoms with van der Waals surface area (Å²) >= 11 is 0. The predicted octanol–water partition coefficient (Wildman–Crippen LogP) is 3.76. The lowest BCUT2D eigenvalue weighted by Gasteiger charge is -2.03. The van der Waals surface area contributed by atoms with Crippen LogP contribution in [0.5, 0.6) is 5.88 Å². The van der Waals surface area contributed by atoms with Gasteiger partial charge in [-0.2, -0.15) is 0 Å². The molecule has 0 atom stereocenters. The number of rotatable bonds is 4. The molecule has 0 aliphatic carbocycles. The molecule has 0 saturated heterocycles. The Balaban J connectivity index is 1.94. The van der Waals surface area contributed by atoms with Crippen molar-refractivity contribution in [2.24, 2.45) is 0 Å². The molecule has 0 saturated carbocycles. The van der Waals surface area contributed by atoms with Crippen LogP contribution in [0.3, 0.4) is 0 Å². The molecule has 0 radical (unpaired) electrons. The molecule has 0 fully saturated rings. The minimum atomic E-state index is -0.787. The van der Waals surface area contributed by atoms with E-state index in [-0.39, 0.29) is 18.3 Å². The molecule has 1 heterocycles. The van der Waals surface area contributed by atoms with Gasteiger partial charge in [-0.25, -0.2) is 9.18 Å². The molecule has 6 heteroatoms. The van der Waals surface area contributed by atoms with Gasteiger partial charge in [-0.1, -0.05) is 24.3 Å². The Morgan fingerprint density at radius 1 is 1.17 bits per heavy atom. The lowest BCUT2D eigenvalue weighted by Crippen LogP contribution is -2.11. The van der Waals surface area contributed by atoms with Crippen molar-refractivity contribution in [1.29, 1.82) is 0 Å². The fourth-order valence-electron chi connectivity index (χ4n) is 2.28. The number of aromatic nitrogens is 2. The highest BCUT2D eigenvalue weighted by atomic mass is 19.1. The van der Waals surface area contributed by atoms with Crippen molar-refractivity contribution in [3.05, 3.63) is 59.9 Å². The van der Waals surface area contributed by atoms with Crippen molar-refractivity contribution in [3.63, 3.8) is 0 Å². The van der Waals surface area contributed by atoms with Gasteiger partial charge in [0.15, 0.2) is 0 Å². The van der Waals surface area contributed by atoms with Crippen LogP contribution in [0.1, 0.15) is 12.5 Å². The third kappa shape index (κ3) is 3.31. The molecule has 3 aromatic rings. The van der Waals surface area contributed by atoms with Crippen LogP contribution in [0.15, 0.2) is 48.5 Å². The van der Waals surface area contributed by atoms with Crippen LogP contribution in [0, 0.1) is 5.82 Å². The third-order valence-corrected chi connectivity index (χ3v) is 3.31. The lowest BCUT2D eigenvalue weighted by atomic mass is 10.2. The second-order valence-electron chi connectivity index (χ2n) is 4.89. The Hall–Kier alpha value is -2.89. The first-order valence-corrected chi connectivity index (χ1v) is 7.22. The van der Waals surface area contributed by atoms with Crippen molar-refractivity contribution in [2.45, 2.75) is 13.5 Å². The Morgan fingerprint density at radius 2 is 1.91 bits per heavy atom. The summed E-state index contributed by atoms with van der Waals surface area (Å²) in [4.78, 5) is 11.5. The van der Waals surface area contributed by atoms with E-state index in [4.69, 9.17) is 9.47 Å². The van der Waals surface area contributed by atoms with Gasteiger partial charge in [-0.3, -0.25) is 4.68 Å². The molecule has 0 spiro atoms. The van der Waals surface area contributed by atoms with Gasteiger partial charge in [0.05, 0.1) is 24.1 Å². The van der Waals surface area contributed by atoms with Crippen LogP contribution >= 0.6 is 0 Å². The number of benzene rings is 2. The monoisotopic (exact) mass is 314 g/mol. The van der Waals surface area contributed by atoms with E-state index in [9.17, 15) is 9.18 Å². The third-order valence-electron chi connectivity index (χ3n) is 3.31.